The Bertz CT molecular complexity index is 886. The maximum Gasteiger partial charge on any atom is 0.338 e. The van der Waals surface area contributed by atoms with Crippen molar-refractivity contribution in [2.24, 2.45) is 0 Å². The third-order valence-electron chi connectivity index (χ3n) is 3.65. The van der Waals surface area contributed by atoms with Crippen molar-refractivity contribution in [1.82, 2.24) is 20.2 Å². The van der Waals surface area contributed by atoms with Gasteiger partial charge in [0.05, 0.1) is 24.0 Å². The summed E-state index contributed by atoms with van der Waals surface area (Å²) in [6.45, 7) is 2.19. The number of benzene rings is 2. The van der Waals surface area contributed by atoms with Gasteiger partial charge in [0.15, 0.2) is 0 Å². The van der Waals surface area contributed by atoms with E-state index in [1.165, 1.54) is 11.8 Å². The molecule has 0 amide bonds. The molecule has 9 heteroatoms. The van der Waals surface area contributed by atoms with Gasteiger partial charge in [0, 0.05) is 5.75 Å². The van der Waals surface area contributed by atoms with Crippen LogP contribution in [-0.2, 0) is 4.74 Å². The van der Waals surface area contributed by atoms with Crippen molar-refractivity contribution >= 4 is 17.7 Å². The normalized spacial score (nSPS) is 11.8. The first-order valence-electron chi connectivity index (χ1n) is 8.72. The van der Waals surface area contributed by atoms with Crippen LogP contribution in [0.4, 0.5) is 0 Å². The van der Waals surface area contributed by atoms with Crippen LogP contribution in [0.1, 0.15) is 17.3 Å². The molecule has 28 heavy (non-hydrogen) atoms. The molecule has 0 radical (unpaired) electrons. The Kier molecular flexibility index (Phi) is 6.99. The Balaban J connectivity index is 1.49. The Morgan fingerprint density at radius 2 is 1.93 bits per heavy atom. The average Bonchev–Trinajstić information content (AvgIpc) is 3.20. The minimum absolute atomic E-state index is 0.110. The van der Waals surface area contributed by atoms with Gasteiger partial charge in [-0.25, -0.2) is 4.79 Å². The summed E-state index contributed by atoms with van der Waals surface area (Å²) < 4.78 is 12.1. The lowest BCUT2D eigenvalue weighted by Gasteiger charge is -2.12. The Hall–Kier alpha value is -2.91. The van der Waals surface area contributed by atoms with Crippen LogP contribution in [0, 0.1) is 0 Å². The fourth-order valence-electron chi connectivity index (χ4n) is 2.31. The van der Waals surface area contributed by atoms with Gasteiger partial charge in [0.2, 0.25) is 5.16 Å². The summed E-state index contributed by atoms with van der Waals surface area (Å²) in [5.41, 5.74) is 1.31. The lowest BCUT2D eigenvalue weighted by Crippen LogP contribution is -2.20. The summed E-state index contributed by atoms with van der Waals surface area (Å²) in [7, 11) is 0. The van der Waals surface area contributed by atoms with E-state index in [9.17, 15) is 9.90 Å². The minimum Gasteiger partial charge on any atom is -0.491 e. The van der Waals surface area contributed by atoms with Crippen LogP contribution in [0.25, 0.3) is 5.69 Å². The number of thioether (sulfide) groups is 1. The van der Waals surface area contributed by atoms with E-state index in [0.29, 0.717) is 28.8 Å². The summed E-state index contributed by atoms with van der Waals surface area (Å²) in [4.78, 5) is 11.6. The second-order valence-electron chi connectivity index (χ2n) is 5.73. The third-order valence-corrected chi connectivity index (χ3v) is 4.72. The predicted octanol–water partition coefficient (Wildman–Crippen LogP) is 2.37. The van der Waals surface area contributed by atoms with Crippen molar-refractivity contribution < 1.29 is 19.4 Å². The second-order valence-corrected chi connectivity index (χ2v) is 6.72. The number of nitrogens with zero attached hydrogens (tertiary/aromatic N) is 4. The molecule has 0 spiro atoms. The molecule has 0 fully saturated rings. The standard InChI is InChI=1S/C19H20N4O4S/c1-2-26-18(25)14-8-10-17(11-9-14)27-12-16(24)13-28-19-20-21-22-23(19)15-6-4-3-5-7-15/h3-11,16,24H,2,12-13H2,1H3/t16-/m0/s1. The Morgan fingerprint density at radius 1 is 1.18 bits per heavy atom. The molecule has 0 saturated carbocycles. The number of para-hydroxylation sites is 1. The highest BCUT2D eigenvalue weighted by Gasteiger charge is 2.13. The molecule has 0 aliphatic heterocycles. The first-order valence-corrected chi connectivity index (χ1v) is 9.70. The van der Waals surface area contributed by atoms with Crippen molar-refractivity contribution in [3.63, 3.8) is 0 Å². The fourth-order valence-corrected chi connectivity index (χ4v) is 3.11. The molecular formula is C19H20N4O4S. The number of carbonyl (C=O) groups is 1. The molecule has 0 aliphatic carbocycles. The van der Waals surface area contributed by atoms with Crippen LogP contribution in [-0.4, -0.2) is 56.4 Å². The van der Waals surface area contributed by atoms with E-state index in [-0.39, 0.29) is 12.6 Å². The van der Waals surface area contributed by atoms with Gasteiger partial charge in [-0.1, -0.05) is 30.0 Å². The number of rotatable bonds is 9. The SMILES string of the molecule is CCOC(=O)c1ccc(OC[C@H](O)CSc2nnnn2-c2ccccc2)cc1. The highest BCUT2D eigenvalue weighted by Crippen LogP contribution is 2.19. The number of hydrogen-bond donors (Lipinski definition) is 1. The number of carbonyl (C=O) groups excluding carboxylic acids is 1. The summed E-state index contributed by atoms with van der Waals surface area (Å²) in [5, 5.41) is 22.4. The van der Waals surface area contributed by atoms with Crippen LogP contribution < -0.4 is 4.74 Å². The molecule has 0 bridgehead atoms. The van der Waals surface area contributed by atoms with Gasteiger partial charge in [0.25, 0.3) is 0 Å². The van der Waals surface area contributed by atoms with Crippen molar-refractivity contribution in [1.29, 1.82) is 0 Å². The van der Waals surface area contributed by atoms with E-state index in [2.05, 4.69) is 15.5 Å². The molecular weight excluding hydrogens is 380 g/mol. The van der Waals surface area contributed by atoms with Crippen molar-refractivity contribution in [2.45, 2.75) is 18.2 Å². The van der Waals surface area contributed by atoms with Crippen molar-refractivity contribution in [2.75, 3.05) is 19.0 Å². The predicted molar refractivity (Wildman–Crippen MR) is 104 cm³/mol. The van der Waals surface area contributed by atoms with E-state index in [1.807, 2.05) is 30.3 Å². The number of hydrogen-bond acceptors (Lipinski definition) is 8. The van der Waals surface area contributed by atoms with Crippen molar-refractivity contribution in [3.8, 4) is 11.4 Å². The number of ether oxygens (including phenoxy) is 2. The minimum atomic E-state index is -0.712. The molecule has 1 heterocycles. The molecule has 8 nitrogen and oxygen atoms in total. The highest BCUT2D eigenvalue weighted by molar-refractivity contribution is 7.99. The Labute approximate surface area is 166 Å². The van der Waals surface area contributed by atoms with Gasteiger partial charge in [-0.15, -0.1) is 5.10 Å². The van der Waals surface area contributed by atoms with Gasteiger partial charge in [0.1, 0.15) is 12.4 Å². The summed E-state index contributed by atoms with van der Waals surface area (Å²) >= 11 is 1.34. The molecule has 0 unspecified atom stereocenters. The molecule has 1 N–H and O–H groups in total. The maximum absolute atomic E-state index is 11.6. The van der Waals surface area contributed by atoms with Crippen LogP contribution in [0.3, 0.4) is 0 Å². The first-order chi connectivity index (χ1) is 13.7. The van der Waals surface area contributed by atoms with Crippen molar-refractivity contribution in [3.05, 3.63) is 60.2 Å². The van der Waals surface area contributed by atoms with Crippen LogP contribution in [0.5, 0.6) is 5.75 Å². The molecule has 0 aliphatic rings. The van der Waals surface area contributed by atoms with Gasteiger partial charge in [-0.3, -0.25) is 0 Å². The molecule has 1 aromatic heterocycles. The van der Waals surface area contributed by atoms with E-state index in [0.717, 1.165) is 5.69 Å². The smallest absolute Gasteiger partial charge is 0.338 e. The maximum atomic E-state index is 11.6. The average molecular weight is 400 g/mol. The number of esters is 1. The van der Waals surface area contributed by atoms with Gasteiger partial charge >= 0.3 is 5.97 Å². The zero-order chi connectivity index (χ0) is 19.8. The van der Waals surface area contributed by atoms with E-state index < -0.39 is 6.10 Å². The quantitative estimate of drug-likeness (QED) is 0.432. The van der Waals surface area contributed by atoms with E-state index >= 15 is 0 Å². The fraction of sp³-hybridized carbons (Fsp3) is 0.263. The van der Waals surface area contributed by atoms with Crippen LogP contribution >= 0.6 is 11.8 Å². The molecule has 1 atom stereocenters. The zero-order valence-electron chi connectivity index (χ0n) is 15.3. The van der Waals surface area contributed by atoms with Gasteiger partial charge < -0.3 is 14.6 Å². The third kappa shape index (κ3) is 5.30. The topological polar surface area (TPSA) is 99.4 Å². The summed E-state index contributed by atoms with van der Waals surface area (Å²) in [6, 6.07) is 16.1. The number of aliphatic hydroxyl groups excluding tert-OH is 1. The molecule has 146 valence electrons. The van der Waals surface area contributed by atoms with E-state index in [1.54, 1.807) is 35.9 Å². The summed E-state index contributed by atoms with van der Waals surface area (Å²) in [6.07, 6.45) is -0.712. The lowest BCUT2D eigenvalue weighted by molar-refractivity contribution is 0.0526. The Morgan fingerprint density at radius 3 is 2.64 bits per heavy atom. The van der Waals surface area contributed by atoms with Gasteiger partial charge in [-0.2, -0.15) is 4.68 Å². The first kappa shape index (κ1) is 19.8. The van der Waals surface area contributed by atoms with Crippen LogP contribution in [0.15, 0.2) is 59.8 Å². The van der Waals surface area contributed by atoms with Gasteiger partial charge in [-0.05, 0) is 53.7 Å². The van der Waals surface area contributed by atoms with E-state index in [4.69, 9.17) is 9.47 Å². The highest BCUT2D eigenvalue weighted by atomic mass is 32.2. The van der Waals surface area contributed by atoms with Crippen LogP contribution in [0.2, 0.25) is 0 Å². The number of aromatic nitrogens is 4. The molecule has 3 rings (SSSR count). The largest absolute Gasteiger partial charge is 0.491 e. The lowest BCUT2D eigenvalue weighted by atomic mass is 10.2. The molecule has 0 saturated heterocycles. The monoisotopic (exact) mass is 400 g/mol. The number of tetrazole rings is 1. The second kappa shape index (κ2) is 9.86. The molecule has 2 aromatic carbocycles. The molecule has 3 aromatic rings. The number of aliphatic hydroxyl groups is 1. The summed E-state index contributed by atoms with van der Waals surface area (Å²) in [5.74, 6) is 0.557. The zero-order valence-corrected chi connectivity index (χ0v) is 16.1.